The number of benzene rings is 2. The number of pyridine rings is 1. The third-order valence-electron chi connectivity index (χ3n) is 5.06. The first kappa shape index (κ1) is 17.4. The molecule has 29 heavy (non-hydrogen) atoms. The molecule has 1 saturated carbocycles. The lowest BCUT2D eigenvalue weighted by molar-refractivity contribution is -0.117. The second-order valence-electron chi connectivity index (χ2n) is 7.30. The normalized spacial score (nSPS) is 13.4. The van der Waals surface area contributed by atoms with E-state index < -0.39 is 0 Å². The predicted octanol–water partition coefficient (Wildman–Crippen LogP) is 4.36. The number of carbonyl (C=O) groups excluding carboxylic acids is 1. The van der Waals surface area contributed by atoms with Crippen molar-refractivity contribution in [2.24, 2.45) is 5.92 Å². The van der Waals surface area contributed by atoms with Gasteiger partial charge in [0.1, 0.15) is 0 Å². The number of fused-ring (bicyclic) bond motifs is 1. The van der Waals surface area contributed by atoms with Crippen molar-refractivity contribution in [1.82, 2.24) is 14.6 Å². The number of anilines is 2. The van der Waals surface area contributed by atoms with Gasteiger partial charge in [-0.25, -0.2) is 4.52 Å². The molecule has 6 nitrogen and oxygen atoms in total. The number of hydrogen-bond donors (Lipinski definition) is 2. The molecule has 2 aromatic heterocycles. The number of para-hydroxylation sites is 1. The fourth-order valence-electron chi connectivity index (χ4n) is 3.29. The highest BCUT2D eigenvalue weighted by molar-refractivity contribution is 5.92. The summed E-state index contributed by atoms with van der Waals surface area (Å²) < 4.78 is 1.78. The minimum absolute atomic E-state index is 0.0118. The monoisotopic (exact) mass is 383 g/mol. The van der Waals surface area contributed by atoms with E-state index in [9.17, 15) is 4.79 Å². The van der Waals surface area contributed by atoms with Crippen molar-refractivity contribution in [3.63, 3.8) is 0 Å². The molecule has 1 aliphatic carbocycles. The molecule has 0 bridgehead atoms. The summed E-state index contributed by atoms with van der Waals surface area (Å²) >= 11 is 0. The molecule has 0 unspecified atom stereocenters. The molecule has 0 saturated heterocycles. The van der Waals surface area contributed by atoms with Crippen LogP contribution in [0.3, 0.4) is 0 Å². The third-order valence-corrected chi connectivity index (χ3v) is 5.06. The summed E-state index contributed by atoms with van der Waals surface area (Å²) in [6.07, 6.45) is 1.91. The first-order chi connectivity index (χ1) is 14.3. The van der Waals surface area contributed by atoms with Crippen molar-refractivity contribution < 1.29 is 4.79 Å². The van der Waals surface area contributed by atoms with Gasteiger partial charge in [-0.3, -0.25) is 10.1 Å². The van der Waals surface area contributed by atoms with Gasteiger partial charge in [-0.15, -0.1) is 5.10 Å². The summed E-state index contributed by atoms with van der Waals surface area (Å²) in [5.41, 5.74) is 4.99. The Morgan fingerprint density at radius 2 is 1.76 bits per heavy atom. The van der Waals surface area contributed by atoms with Crippen LogP contribution >= 0.6 is 0 Å². The van der Waals surface area contributed by atoms with Crippen LogP contribution in [0.15, 0.2) is 72.8 Å². The average Bonchev–Trinajstić information content (AvgIpc) is 3.53. The smallest absolute Gasteiger partial charge is 0.249 e. The topological polar surface area (TPSA) is 71.3 Å². The highest BCUT2D eigenvalue weighted by atomic mass is 16.2. The van der Waals surface area contributed by atoms with E-state index in [1.54, 1.807) is 4.52 Å². The minimum atomic E-state index is 0.0118. The van der Waals surface area contributed by atoms with E-state index in [0.29, 0.717) is 11.6 Å². The molecule has 6 heteroatoms. The molecule has 2 N–H and O–H groups in total. The summed E-state index contributed by atoms with van der Waals surface area (Å²) in [7, 11) is 0. The molecule has 0 radical (unpaired) electrons. The van der Waals surface area contributed by atoms with Crippen LogP contribution in [0.1, 0.15) is 18.4 Å². The van der Waals surface area contributed by atoms with Gasteiger partial charge in [-0.1, -0.05) is 48.5 Å². The zero-order valence-electron chi connectivity index (χ0n) is 15.9. The number of aromatic nitrogens is 3. The molecule has 0 spiro atoms. The van der Waals surface area contributed by atoms with Crippen molar-refractivity contribution in [1.29, 1.82) is 0 Å². The van der Waals surface area contributed by atoms with Crippen molar-refractivity contribution in [3.05, 3.63) is 78.4 Å². The van der Waals surface area contributed by atoms with E-state index in [2.05, 4.69) is 57.1 Å². The van der Waals surface area contributed by atoms with Crippen LogP contribution in [0.5, 0.6) is 0 Å². The maximum absolute atomic E-state index is 12.0. The van der Waals surface area contributed by atoms with Gasteiger partial charge in [0.15, 0.2) is 5.65 Å². The van der Waals surface area contributed by atoms with Gasteiger partial charge in [0.05, 0.1) is 5.69 Å². The molecular formula is C23H21N5O. The Labute approximate surface area is 168 Å². The van der Waals surface area contributed by atoms with Crippen molar-refractivity contribution in [3.8, 4) is 11.3 Å². The number of amides is 1. The van der Waals surface area contributed by atoms with Crippen LogP contribution < -0.4 is 10.6 Å². The molecule has 5 rings (SSSR count). The zero-order valence-corrected chi connectivity index (χ0v) is 15.9. The van der Waals surface area contributed by atoms with E-state index >= 15 is 0 Å². The summed E-state index contributed by atoms with van der Waals surface area (Å²) in [5, 5.41) is 10.7. The summed E-state index contributed by atoms with van der Waals surface area (Å²) in [5.74, 6) is 0.494. The first-order valence-corrected chi connectivity index (χ1v) is 9.81. The molecule has 1 fully saturated rings. The Hall–Kier alpha value is -3.67. The van der Waals surface area contributed by atoms with Crippen LogP contribution in [0.25, 0.3) is 16.9 Å². The Bertz CT molecular complexity index is 1150. The lowest BCUT2D eigenvalue weighted by Gasteiger charge is -2.08. The Morgan fingerprint density at radius 1 is 0.966 bits per heavy atom. The van der Waals surface area contributed by atoms with Gasteiger partial charge in [0.2, 0.25) is 11.9 Å². The molecular weight excluding hydrogens is 362 g/mol. The van der Waals surface area contributed by atoms with Gasteiger partial charge in [0, 0.05) is 23.7 Å². The number of nitrogens with one attached hydrogen (secondary N) is 2. The lowest BCUT2D eigenvalue weighted by Crippen LogP contribution is -2.14. The number of hydrogen-bond acceptors (Lipinski definition) is 4. The summed E-state index contributed by atoms with van der Waals surface area (Å²) in [4.78, 5) is 16.4. The van der Waals surface area contributed by atoms with Crippen LogP contribution in [0, 0.1) is 5.92 Å². The molecule has 4 aromatic rings. The number of carbonyl (C=O) groups is 1. The minimum Gasteiger partial charge on any atom is -0.381 e. The highest BCUT2D eigenvalue weighted by Gasteiger charge is 2.30. The molecule has 0 aliphatic heterocycles. The van der Waals surface area contributed by atoms with E-state index in [1.807, 2.05) is 36.4 Å². The quantitative estimate of drug-likeness (QED) is 0.519. The second-order valence-corrected chi connectivity index (χ2v) is 7.30. The fourth-order valence-corrected chi connectivity index (χ4v) is 3.29. The van der Waals surface area contributed by atoms with E-state index in [4.69, 9.17) is 0 Å². The average molecular weight is 383 g/mol. The predicted molar refractivity (Wildman–Crippen MR) is 114 cm³/mol. The molecule has 1 aliphatic rings. The van der Waals surface area contributed by atoms with Crippen LogP contribution in [0.2, 0.25) is 0 Å². The van der Waals surface area contributed by atoms with Crippen LogP contribution in [-0.2, 0) is 11.3 Å². The molecule has 1 amide bonds. The summed E-state index contributed by atoms with van der Waals surface area (Å²) in [6.45, 7) is 0.759. The number of rotatable bonds is 6. The lowest BCUT2D eigenvalue weighted by atomic mass is 10.1. The Balaban J connectivity index is 1.35. The second kappa shape index (κ2) is 7.39. The SMILES string of the molecule is O=C(Nc1nc2cccc(-c3ccc(CNc4ccccc4)cc3)n2n1)C1CC1. The fraction of sp³-hybridized carbons (Fsp3) is 0.174. The summed E-state index contributed by atoms with van der Waals surface area (Å²) in [6, 6.07) is 24.4. The van der Waals surface area contributed by atoms with E-state index in [-0.39, 0.29) is 11.8 Å². The molecule has 144 valence electrons. The van der Waals surface area contributed by atoms with Gasteiger partial charge in [-0.05, 0) is 42.7 Å². The van der Waals surface area contributed by atoms with Crippen molar-refractivity contribution in [2.45, 2.75) is 19.4 Å². The third kappa shape index (κ3) is 3.82. The van der Waals surface area contributed by atoms with Crippen molar-refractivity contribution in [2.75, 3.05) is 10.6 Å². The van der Waals surface area contributed by atoms with Crippen molar-refractivity contribution >= 4 is 23.2 Å². The molecule has 2 heterocycles. The maximum Gasteiger partial charge on any atom is 0.249 e. The van der Waals surface area contributed by atoms with Gasteiger partial charge >= 0.3 is 0 Å². The molecule has 2 aromatic carbocycles. The highest BCUT2D eigenvalue weighted by Crippen LogP contribution is 2.30. The standard InChI is InChI=1S/C23H21N5O/c29-22(18-13-14-18)26-23-25-21-8-4-7-20(28(21)27-23)17-11-9-16(10-12-17)15-24-19-5-2-1-3-6-19/h1-12,18,24H,13-15H2,(H,26,27,29). The number of nitrogens with zero attached hydrogens (tertiary/aromatic N) is 3. The first-order valence-electron chi connectivity index (χ1n) is 9.81. The Kier molecular flexibility index (Phi) is 4.44. The van der Waals surface area contributed by atoms with Gasteiger partial charge in [0.25, 0.3) is 0 Å². The van der Waals surface area contributed by atoms with E-state index in [0.717, 1.165) is 36.3 Å². The molecule has 0 atom stereocenters. The maximum atomic E-state index is 12.0. The zero-order chi connectivity index (χ0) is 19.6. The van der Waals surface area contributed by atoms with E-state index in [1.165, 1.54) is 5.56 Å². The van der Waals surface area contributed by atoms with Gasteiger partial charge < -0.3 is 5.32 Å². The van der Waals surface area contributed by atoms with Crippen LogP contribution in [-0.4, -0.2) is 20.5 Å². The van der Waals surface area contributed by atoms with Crippen LogP contribution in [0.4, 0.5) is 11.6 Å². The van der Waals surface area contributed by atoms with Gasteiger partial charge in [-0.2, -0.15) is 4.98 Å². The largest absolute Gasteiger partial charge is 0.381 e. The Morgan fingerprint density at radius 3 is 2.52 bits per heavy atom.